The molecule has 20 heavy (non-hydrogen) atoms. The molecule has 104 valence electrons. The van der Waals surface area contributed by atoms with E-state index in [9.17, 15) is 9.59 Å². The number of esters is 1. The number of rotatable bonds is 5. The largest absolute Gasteiger partial charge is 0.460 e. The first-order valence-corrected chi connectivity index (χ1v) is 5.91. The van der Waals surface area contributed by atoms with Crippen molar-refractivity contribution in [3.05, 3.63) is 42.0 Å². The monoisotopic (exact) mass is 273 g/mol. The summed E-state index contributed by atoms with van der Waals surface area (Å²) in [7, 11) is 0. The van der Waals surface area contributed by atoms with Crippen LogP contribution in [0.15, 0.2) is 36.4 Å². The molecule has 0 bridgehead atoms. The Kier molecular flexibility index (Phi) is 5.78. The number of benzene rings is 1. The van der Waals surface area contributed by atoms with Crippen LogP contribution in [0.4, 0.5) is 10.5 Å². The molecule has 6 heteroatoms. The number of hydrogen-bond donors (Lipinski definition) is 2. The lowest BCUT2D eigenvalue weighted by molar-refractivity contribution is -0.138. The van der Waals surface area contributed by atoms with Crippen LogP contribution in [-0.2, 0) is 9.53 Å². The van der Waals surface area contributed by atoms with Crippen molar-refractivity contribution in [2.75, 3.05) is 18.5 Å². The third-order valence-electron chi connectivity index (χ3n) is 2.26. The zero-order chi connectivity index (χ0) is 15.0. The lowest BCUT2D eigenvalue weighted by Gasteiger charge is -2.09. The van der Waals surface area contributed by atoms with Gasteiger partial charge in [-0.3, -0.25) is 0 Å². The van der Waals surface area contributed by atoms with Crippen LogP contribution in [0, 0.1) is 11.3 Å². The average Bonchev–Trinajstić information content (AvgIpc) is 2.43. The van der Waals surface area contributed by atoms with E-state index in [1.165, 1.54) is 0 Å². The van der Waals surface area contributed by atoms with Gasteiger partial charge in [0.25, 0.3) is 0 Å². The highest BCUT2D eigenvalue weighted by Gasteiger charge is 2.06. The van der Waals surface area contributed by atoms with E-state index in [2.05, 4.69) is 17.2 Å². The molecule has 0 spiro atoms. The zero-order valence-electron chi connectivity index (χ0n) is 11.1. The molecule has 0 unspecified atom stereocenters. The smallest absolute Gasteiger partial charge is 0.333 e. The SMILES string of the molecule is C=C(C)C(=O)OCCNC(=O)Nc1ccccc1C#N. The third kappa shape index (κ3) is 4.82. The van der Waals surface area contributed by atoms with Crippen molar-refractivity contribution in [3.8, 4) is 6.07 Å². The Labute approximate surface area is 117 Å². The molecular formula is C14H15N3O3. The summed E-state index contributed by atoms with van der Waals surface area (Å²) in [6, 6.07) is 8.15. The Morgan fingerprint density at radius 1 is 1.40 bits per heavy atom. The van der Waals surface area contributed by atoms with Gasteiger partial charge in [0, 0.05) is 5.57 Å². The van der Waals surface area contributed by atoms with Gasteiger partial charge >= 0.3 is 12.0 Å². The van der Waals surface area contributed by atoms with E-state index in [1.54, 1.807) is 31.2 Å². The summed E-state index contributed by atoms with van der Waals surface area (Å²) in [6.45, 7) is 5.20. The summed E-state index contributed by atoms with van der Waals surface area (Å²) in [5.41, 5.74) is 1.10. The Balaban J connectivity index is 2.36. The topological polar surface area (TPSA) is 91.2 Å². The van der Waals surface area contributed by atoms with Crippen molar-refractivity contribution >= 4 is 17.7 Å². The minimum absolute atomic E-state index is 0.0546. The van der Waals surface area contributed by atoms with Crippen LogP contribution < -0.4 is 10.6 Å². The second-order valence-electron chi connectivity index (χ2n) is 3.95. The summed E-state index contributed by atoms with van der Waals surface area (Å²) < 4.78 is 4.82. The van der Waals surface area contributed by atoms with Crippen LogP contribution in [-0.4, -0.2) is 25.2 Å². The molecule has 0 radical (unpaired) electrons. The Morgan fingerprint density at radius 2 is 2.10 bits per heavy atom. The first-order valence-electron chi connectivity index (χ1n) is 5.91. The molecule has 6 nitrogen and oxygen atoms in total. The summed E-state index contributed by atoms with van der Waals surface area (Å²) in [6.07, 6.45) is 0. The highest BCUT2D eigenvalue weighted by molar-refractivity contribution is 5.90. The fourth-order valence-corrected chi connectivity index (χ4v) is 1.29. The predicted molar refractivity (Wildman–Crippen MR) is 74.0 cm³/mol. The number of nitrogens with zero attached hydrogens (tertiary/aromatic N) is 1. The lowest BCUT2D eigenvalue weighted by atomic mass is 10.2. The van der Waals surface area contributed by atoms with E-state index >= 15 is 0 Å². The van der Waals surface area contributed by atoms with Crippen LogP contribution in [0.5, 0.6) is 0 Å². The number of nitrogens with one attached hydrogen (secondary N) is 2. The maximum absolute atomic E-state index is 11.6. The fourth-order valence-electron chi connectivity index (χ4n) is 1.29. The Morgan fingerprint density at radius 3 is 2.75 bits per heavy atom. The van der Waals surface area contributed by atoms with E-state index in [0.717, 1.165) is 0 Å². The van der Waals surface area contributed by atoms with E-state index in [4.69, 9.17) is 10.00 Å². The number of carbonyl (C=O) groups is 2. The van der Waals surface area contributed by atoms with Gasteiger partial charge in [0.15, 0.2) is 0 Å². The van der Waals surface area contributed by atoms with Crippen molar-refractivity contribution in [1.82, 2.24) is 5.32 Å². The van der Waals surface area contributed by atoms with Gasteiger partial charge in [0.05, 0.1) is 17.8 Å². The van der Waals surface area contributed by atoms with Crippen molar-refractivity contribution in [2.45, 2.75) is 6.92 Å². The molecule has 1 aromatic rings. The van der Waals surface area contributed by atoms with Crippen LogP contribution >= 0.6 is 0 Å². The molecule has 0 aliphatic heterocycles. The quantitative estimate of drug-likeness (QED) is 0.486. The lowest BCUT2D eigenvalue weighted by Crippen LogP contribution is -2.32. The molecule has 0 aliphatic rings. The summed E-state index contributed by atoms with van der Waals surface area (Å²) >= 11 is 0. The van der Waals surface area contributed by atoms with Crippen molar-refractivity contribution in [1.29, 1.82) is 5.26 Å². The van der Waals surface area contributed by atoms with Crippen LogP contribution in [0.3, 0.4) is 0 Å². The molecule has 0 aromatic heterocycles. The van der Waals surface area contributed by atoms with E-state index in [-0.39, 0.29) is 13.2 Å². The highest BCUT2D eigenvalue weighted by atomic mass is 16.5. The minimum atomic E-state index is -0.498. The molecular weight excluding hydrogens is 258 g/mol. The van der Waals surface area contributed by atoms with Crippen molar-refractivity contribution in [3.63, 3.8) is 0 Å². The molecule has 0 aliphatic carbocycles. The molecule has 1 aromatic carbocycles. The first-order chi connectivity index (χ1) is 9.54. The maximum Gasteiger partial charge on any atom is 0.333 e. The second-order valence-corrected chi connectivity index (χ2v) is 3.95. The first kappa shape index (κ1) is 15.2. The number of carbonyl (C=O) groups excluding carboxylic acids is 2. The Hall–Kier alpha value is -2.81. The van der Waals surface area contributed by atoms with Gasteiger partial charge in [-0.2, -0.15) is 5.26 Å². The van der Waals surface area contributed by atoms with Gasteiger partial charge in [-0.15, -0.1) is 0 Å². The van der Waals surface area contributed by atoms with Crippen LogP contribution in [0.2, 0.25) is 0 Å². The number of nitriles is 1. The van der Waals surface area contributed by atoms with E-state index < -0.39 is 12.0 Å². The van der Waals surface area contributed by atoms with E-state index in [0.29, 0.717) is 16.8 Å². The molecule has 2 N–H and O–H groups in total. The summed E-state index contributed by atoms with van der Waals surface area (Å²) in [5.74, 6) is -0.498. The predicted octanol–water partition coefficient (Wildman–Crippen LogP) is 1.80. The molecule has 0 saturated heterocycles. The number of urea groups is 1. The fraction of sp³-hybridized carbons (Fsp3) is 0.214. The zero-order valence-corrected chi connectivity index (χ0v) is 11.1. The van der Waals surface area contributed by atoms with Gasteiger partial charge < -0.3 is 15.4 Å². The van der Waals surface area contributed by atoms with Crippen molar-refractivity contribution in [2.24, 2.45) is 0 Å². The average molecular weight is 273 g/mol. The Bertz CT molecular complexity index is 561. The highest BCUT2D eigenvalue weighted by Crippen LogP contribution is 2.12. The number of anilines is 1. The molecule has 0 fully saturated rings. The number of amides is 2. The molecule has 0 saturated carbocycles. The van der Waals surface area contributed by atoms with Crippen LogP contribution in [0.25, 0.3) is 0 Å². The van der Waals surface area contributed by atoms with Gasteiger partial charge in [-0.25, -0.2) is 9.59 Å². The molecule has 2 amide bonds. The van der Waals surface area contributed by atoms with Gasteiger partial charge in [0.1, 0.15) is 12.7 Å². The van der Waals surface area contributed by atoms with Crippen molar-refractivity contribution < 1.29 is 14.3 Å². The standard InChI is InChI=1S/C14H15N3O3/c1-10(2)13(18)20-8-7-16-14(19)17-12-6-4-3-5-11(12)9-15/h3-6H,1,7-8H2,2H3,(H2,16,17,19). The summed E-state index contributed by atoms with van der Waals surface area (Å²) in [4.78, 5) is 22.6. The number of hydrogen-bond acceptors (Lipinski definition) is 4. The molecule has 0 atom stereocenters. The van der Waals surface area contributed by atoms with Crippen LogP contribution in [0.1, 0.15) is 12.5 Å². The van der Waals surface area contributed by atoms with Gasteiger partial charge in [-0.05, 0) is 19.1 Å². The number of ether oxygens (including phenoxy) is 1. The normalized spacial score (nSPS) is 9.20. The minimum Gasteiger partial charge on any atom is -0.460 e. The van der Waals surface area contributed by atoms with E-state index in [1.807, 2.05) is 6.07 Å². The maximum atomic E-state index is 11.6. The molecule has 1 rings (SSSR count). The second kappa shape index (κ2) is 7.59. The van der Waals surface area contributed by atoms with Gasteiger partial charge in [-0.1, -0.05) is 18.7 Å². The number of para-hydroxylation sites is 1. The van der Waals surface area contributed by atoms with Gasteiger partial charge in [0.2, 0.25) is 0 Å². The third-order valence-corrected chi connectivity index (χ3v) is 2.26. The molecule has 0 heterocycles. The summed E-state index contributed by atoms with van der Waals surface area (Å²) in [5, 5.41) is 13.9.